The minimum absolute atomic E-state index is 0.0302. The molecule has 0 aliphatic carbocycles. The fourth-order valence-electron chi connectivity index (χ4n) is 5.34. The maximum absolute atomic E-state index is 13.8. The van der Waals surface area contributed by atoms with E-state index in [4.69, 9.17) is 0 Å². The Hall–Kier alpha value is -3.70. The van der Waals surface area contributed by atoms with E-state index in [1.807, 2.05) is 71.3 Å². The van der Waals surface area contributed by atoms with Gasteiger partial charge in [-0.3, -0.25) is 9.59 Å². The first kappa shape index (κ1) is 25.9. The van der Waals surface area contributed by atoms with Crippen LogP contribution in [0.4, 0.5) is 0 Å². The van der Waals surface area contributed by atoms with E-state index < -0.39 is 5.92 Å². The fraction of sp³-hybridized carbons (Fsp3) is 0.273. The van der Waals surface area contributed by atoms with Gasteiger partial charge in [-0.15, -0.1) is 11.3 Å². The predicted octanol–water partition coefficient (Wildman–Crippen LogP) is 6.52. The minimum atomic E-state index is -0.401. The second kappa shape index (κ2) is 12.2. The van der Waals surface area contributed by atoms with Crippen LogP contribution in [0.25, 0.3) is 0 Å². The van der Waals surface area contributed by atoms with Crippen molar-refractivity contribution in [3.63, 3.8) is 0 Å². The minimum Gasteiger partial charge on any atom is -0.338 e. The Morgan fingerprint density at radius 3 is 2.21 bits per heavy atom. The number of benzene rings is 3. The third-order valence-corrected chi connectivity index (χ3v) is 8.34. The quantitative estimate of drug-likeness (QED) is 0.251. The zero-order valence-electron chi connectivity index (χ0n) is 21.8. The van der Waals surface area contributed by atoms with Crippen molar-refractivity contribution in [2.24, 2.45) is 5.92 Å². The standard InChI is InChI=1S/C33H34N2O2S/c1-25(33(37)34(24-27-13-7-3-8-14-27)20-17-26-11-5-2-6-12-26)23-31(36)35-21-18-30-29(19-22-38-30)32(35)28-15-9-4-10-16-28/h2-16,19,22,25,32H,17-18,20-21,23-24H2,1H3. The molecule has 0 spiro atoms. The lowest BCUT2D eigenvalue weighted by atomic mass is 9.92. The summed E-state index contributed by atoms with van der Waals surface area (Å²) in [5.41, 5.74) is 4.63. The maximum Gasteiger partial charge on any atom is 0.226 e. The van der Waals surface area contributed by atoms with Gasteiger partial charge in [0, 0.05) is 36.9 Å². The Balaban J connectivity index is 1.31. The number of fused-ring (bicyclic) bond motifs is 1. The number of hydrogen-bond acceptors (Lipinski definition) is 3. The SMILES string of the molecule is CC(CC(=O)N1CCc2sccc2C1c1ccccc1)C(=O)N(CCc1ccccc1)Cc1ccccc1. The Morgan fingerprint density at radius 2 is 1.53 bits per heavy atom. The topological polar surface area (TPSA) is 40.6 Å². The van der Waals surface area contributed by atoms with Crippen molar-refractivity contribution in [3.8, 4) is 0 Å². The molecule has 0 saturated heterocycles. The van der Waals surface area contributed by atoms with Gasteiger partial charge in [0.1, 0.15) is 0 Å². The smallest absolute Gasteiger partial charge is 0.226 e. The van der Waals surface area contributed by atoms with Crippen molar-refractivity contribution in [3.05, 3.63) is 130 Å². The number of amides is 2. The normalized spacial score (nSPS) is 15.5. The molecule has 1 aliphatic heterocycles. The third-order valence-electron chi connectivity index (χ3n) is 7.35. The molecule has 2 amide bonds. The molecule has 2 atom stereocenters. The van der Waals surface area contributed by atoms with Crippen molar-refractivity contribution in [2.75, 3.05) is 13.1 Å². The molecule has 3 aromatic carbocycles. The van der Waals surface area contributed by atoms with Crippen molar-refractivity contribution in [1.82, 2.24) is 9.80 Å². The van der Waals surface area contributed by atoms with Gasteiger partial charge in [-0.2, -0.15) is 0 Å². The molecule has 2 heterocycles. The lowest BCUT2D eigenvalue weighted by Crippen LogP contribution is -2.43. The highest BCUT2D eigenvalue weighted by molar-refractivity contribution is 7.10. The highest BCUT2D eigenvalue weighted by Crippen LogP contribution is 2.38. The number of nitrogens with zero attached hydrogens (tertiary/aromatic N) is 2. The van der Waals surface area contributed by atoms with Crippen molar-refractivity contribution in [1.29, 1.82) is 0 Å². The summed E-state index contributed by atoms with van der Waals surface area (Å²) in [5.74, 6) is -0.329. The van der Waals surface area contributed by atoms with E-state index in [9.17, 15) is 9.59 Å². The van der Waals surface area contributed by atoms with Gasteiger partial charge in [0.15, 0.2) is 0 Å². The average Bonchev–Trinajstić information content (AvgIpc) is 3.45. The van der Waals surface area contributed by atoms with E-state index in [0.717, 1.165) is 24.0 Å². The maximum atomic E-state index is 13.8. The van der Waals surface area contributed by atoms with Crippen LogP contribution in [-0.4, -0.2) is 34.7 Å². The van der Waals surface area contributed by atoms with Crippen LogP contribution < -0.4 is 0 Å². The first-order valence-electron chi connectivity index (χ1n) is 13.4. The Labute approximate surface area is 229 Å². The van der Waals surface area contributed by atoms with Crippen LogP contribution in [0.1, 0.15) is 46.5 Å². The molecule has 38 heavy (non-hydrogen) atoms. The van der Waals surface area contributed by atoms with Gasteiger partial charge in [-0.1, -0.05) is 97.9 Å². The second-order valence-electron chi connectivity index (χ2n) is 10.0. The molecule has 4 aromatic rings. The Morgan fingerprint density at radius 1 is 0.895 bits per heavy atom. The molecule has 2 unspecified atom stereocenters. The highest BCUT2D eigenvalue weighted by atomic mass is 32.1. The first-order chi connectivity index (χ1) is 18.6. The van der Waals surface area contributed by atoms with Crippen LogP contribution in [0.3, 0.4) is 0 Å². The predicted molar refractivity (Wildman–Crippen MR) is 154 cm³/mol. The molecule has 0 bridgehead atoms. The number of carbonyl (C=O) groups excluding carboxylic acids is 2. The molecule has 5 heteroatoms. The number of thiophene rings is 1. The molecule has 194 valence electrons. The Bertz CT molecular complexity index is 1340. The largest absolute Gasteiger partial charge is 0.338 e. The van der Waals surface area contributed by atoms with Crippen LogP contribution in [0.5, 0.6) is 0 Å². The van der Waals surface area contributed by atoms with E-state index in [1.165, 1.54) is 16.0 Å². The first-order valence-corrected chi connectivity index (χ1v) is 14.3. The van der Waals surface area contributed by atoms with Gasteiger partial charge in [0.05, 0.1) is 6.04 Å². The average molecular weight is 523 g/mol. The van der Waals surface area contributed by atoms with Crippen LogP contribution in [0.15, 0.2) is 102 Å². The van der Waals surface area contributed by atoms with Crippen molar-refractivity contribution < 1.29 is 9.59 Å². The zero-order valence-corrected chi connectivity index (χ0v) is 22.6. The summed E-state index contributed by atoms with van der Waals surface area (Å²) in [6, 6.07) is 32.6. The van der Waals surface area contributed by atoms with Crippen LogP contribution >= 0.6 is 11.3 Å². The molecular weight excluding hydrogens is 488 g/mol. The molecular formula is C33H34N2O2S. The van der Waals surface area contributed by atoms with E-state index in [-0.39, 0.29) is 24.3 Å². The summed E-state index contributed by atoms with van der Waals surface area (Å²) in [4.78, 5) is 32.8. The molecule has 1 aliphatic rings. The van der Waals surface area contributed by atoms with E-state index in [1.54, 1.807) is 11.3 Å². The summed E-state index contributed by atoms with van der Waals surface area (Å²) in [6.45, 7) is 3.73. The summed E-state index contributed by atoms with van der Waals surface area (Å²) in [5, 5.41) is 2.12. The van der Waals surface area contributed by atoms with Gasteiger partial charge in [0.2, 0.25) is 11.8 Å². The molecule has 0 fully saturated rings. The number of rotatable bonds is 9. The lowest BCUT2D eigenvalue weighted by molar-refractivity contribution is -0.142. The second-order valence-corrected chi connectivity index (χ2v) is 11.0. The molecule has 0 N–H and O–H groups in total. The molecule has 0 saturated carbocycles. The van der Waals surface area contributed by atoms with Crippen molar-refractivity contribution >= 4 is 23.2 Å². The van der Waals surface area contributed by atoms with Gasteiger partial charge >= 0.3 is 0 Å². The molecule has 5 rings (SSSR count). The summed E-state index contributed by atoms with van der Waals surface area (Å²) in [7, 11) is 0. The number of carbonyl (C=O) groups is 2. The summed E-state index contributed by atoms with van der Waals surface area (Å²) in [6.07, 6.45) is 1.85. The van der Waals surface area contributed by atoms with Crippen LogP contribution in [0, 0.1) is 5.92 Å². The molecule has 1 aromatic heterocycles. The van der Waals surface area contributed by atoms with Gasteiger partial charge < -0.3 is 9.80 Å². The third kappa shape index (κ3) is 6.05. The lowest BCUT2D eigenvalue weighted by Gasteiger charge is -2.37. The fourth-order valence-corrected chi connectivity index (χ4v) is 6.24. The van der Waals surface area contributed by atoms with E-state index in [2.05, 4.69) is 47.8 Å². The van der Waals surface area contributed by atoms with Gasteiger partial charge in [-0.05, 0) is 46.5 Å². The zero-order chi connectivity index (χ0) is 26.3. The van der Waals surface area contributed by atoms with Gasteiger partial charge in [0.25, 0.3) is 0 Å². The molecule has 0 radical (unpaired) electrons. The van der Waals surface area contributed by atoms with E-state index >= 15 is 0 Å². The monoisotopic (exact) mass is 522 g/mol. The van der Waals surface area contributed by atoms with Crippen LogP contribution in [0.2, 0.25) is 0 Å². The van der Waals surface area contributed by atoms with Crippen LogP contribution in [-0.2, 0) is 29.0 Å². The Kier molecular flexibility index (Phi) is 8.34. The molecule has 4 nitrogen and oxygen atoms in total. The van der Waals surface area contributed by atoms with Gasteiger partial charge in [-0.25, -0.2) is 0 Å². The van der Waals surface area contributed by atoms with Crippen molar-refractivity contribution in [2.45, 2.75) is 38.8 Å². The number of hydrogen-bond donors (Lipinski definition) is 0. The highest BCUT2D eigenvalue weighted by Gasteiger charge is 2.34. The van der Waals surface area contributed by atoms with E-state index in [0.29, 0.717) is 19.6 Å². The summed E-state index contributed by atoms with van der Waals surface area (Å²) < 4.78 is 0. The summed E-state index contributed by atoms with van der Waals surface area (Å²) >= 11 is 1.77.